The summed E-state index contributed by atoms with van der Waals surface area (Å²) in [6.07, 6.45) is 2.09. The van der Waals surface area contributed by atoms with E-state index in [9.17, 15) is 18.9 Å². The van der Waals surface area contributed by atoms with Gasteiger partial charge in [0, 0.05) is 0 Å². The van der Waals surface area contributed by atoms with E-state index in [4.69, 9.17) is 10.5 Å². The molecule has 7 nitrogen and oxygen atoms in total. The summed E-state index contributed by atoms with van der Waals surface area (Å²) < 4.78 is 16.5. The van der Waals surface area contributed by atoms with Crippen molar-refractivity contribution >= 4 is 21.9 Å². The largest absolute Gasteiger partial charge is 0.873 e. The lowest BCUT2D eigenvalue weighted by atomic mass is 10.1. The Labute approximate surface area is 126 Å². The minimum Gasteiger partial charge on any atom is -0.873 e. The van der Waals surface area contributed by atoms with Gasteiger partial charge >= 0.3 is 6.09 Å². The number of amides is 2. The average Bonchev–Trinajstić information content (AvgIpc) is 2.18. The Morgan fingerprint density at radius 2 is 1.90 bits per heavy atom. The van der Waals surface area contributed by atoms with E-state index in [2.05, 4.69) is 5.32 Å². The number of ether oxygens (including phenoxy) is 1. The molecule has 0 fully saturated rings. The molecule has 0 aliphatic rings. The van der Waals surface area contributed by atoms with Gasteiger partial charge in [-0.05, 0) is 33.6 Å². The van der Waals surface area contributed by atoms with Crippen LogP contribution in [0.15, 0.2) is 11.2 Å². The lowest BCUT2D eigenvalue weighted by Gasteiger charge is -2.23. The van der Waals surface area contributed by atoms with Gasteiger partial charge in [0.2, 0.25) is 5.91 Å². The third-order valence-corrected chi connectivity index (χ3v) is 2.96. The van der Waals surface area contributed by atoms with Crippen LogP contribution in [0, 0.1) is 0 Å². The fourth-order valence-electron chi connectivity index (χ4n) is 1.40. The molecule has 0 aromatic rings. The van der Waals surface area contributed by atoms with Crippen LogP contribution in [0.2, 0.25) is 0 Å². The van der Waals surface area contributed by atoms with Gasteiger partial charge < -0.3 is 20.9 Å². The standard InChI is InChI=1S/C13H24N2O5S/c1-13(2,3)20-12(18)15-10(11(14)17)7-6-9(16)8-21(4,5)19/h8,10H,6-7H2,1-5H3,(H3-,14,15,16,17,18,19)/t10-/m0/s1. The van der Waals surface area contributed by atoms with E-state index in [0.29, 0.717) is 0 Å². The first-order chi connectivity index (χ1) is 9.30. The van der Waals surface area contributed by atoms with Gasteiger partial charge in [-0.3, -0.25) is 4.79 Å². The molecule has 0 spiro atoms. The van der Waals surface area contributed by atoms with Crippen LogP contribution in [0.3, 0.4) is 0 Å². The summed E-state index contributed by atoms with van der Waals surface area (Å²) in [5.74, 6) is -1.12. The van der Waals surface area contributed by atoms with Crippen LogP contribution < -0.4 is 16.2 Å². The Balaban J connectivity index is 4.59. The van der Waals surface area contributed by atoms with Crippen LogP contribution in [0.25, 0.3) is 0 Å². The Morgan fingerprint density at radius 3 is 2.29 bits per heavy atom. The van der Waals surface area contributed by atoms with Crippen molar-refractivity contribution in [2.45, 2.75) is 45.3 Å². The highest BCUT2D eigenvalue weighted by Gasteiger charge is 2.22. The van der Waals surface area contributed by atoms with Crippen LogP contribution in [0.1, 0.15) is 33.6 Å². The normalized spacial score (nSPS) is 14.4. The fraction of sp³-hybridized carbons (Fsp3) is 0.692. The highest BCUT2D eigenvalue weighted by Crippen LogP contribution is 2.09. The van der Waals surface area contributed by atoms with Crippen LogP contribution >= 0.6 is 0 Å². The number of primary amides is 1. The minimum atomic E-state index is -2.29. The van der Waals surface area contributed by atoms with E-state index in [1.165, 1.54) is 12.5 Å². The van der Waals surface area contributed by atoms with Gasteiger partial charge in [0.05, 0.1) is 0 Å². The maximum Gasteiger partial charge on any atom is 0.408 e. The zero-order valence-electron chi connectivity index (χ0n) is 13.1. The van der Waals surface area contributed by atoms with E-state index < -0.39 is 33.6 Å². The number of nitrogens with two attached hydrogens (primary N) is 1. The lowest BCUT2D eigenvalue weighted by Crippen LogP contribution is -2.46. The topological polar surface area (TPSA) is 122 Å². The maximum absolute atomic E-state index is 11.6. The number of alkyl carbamates (subject to hydrolysis) is 1. The van der Waals surface area contributed by atoms with Crippen LogP contribution in [-0.4, -0.2) is 36.2 Å². The monoisotopic (exact) mass is 320 g/mol. The second kappa shape index (κ2) is 7.44. The number of carbonyl (C=O) groups excluding carboxylic acids is 2. The van der Waals surface area contributed by atoms with Gasteiger partial charge in [0.1, 0.15) is 39.5 Å². The second-order valence-electron chi connectivity index (χ2n) is 6.03. The quantitative estimate of drug-likeness (QED) is 0.531. The zero-order chi connectivity index (χ0) is 16.8. The van der Waals surface area contributed by atoms with Crippen molar-refractivity contribution in [1.82, 2.24) is 5.32 Å². The van der Waals surface area contributed by atoms with Crippen molar-refractivity contribution in [3.05, 3.63) is 11.2 Å². The highest BCUT2D eigenvalue weighted by atomic mass is 32.2. The Kier molecular flexibility index (Phi) is 6.89. The second-order valence-corrected chi connectivity index (χ2v) is 8.89. The van der Waals surface area contributed by atoms with Gasteiger partial charge in [0.25, 0.3) is 0 Å². The van der Waals surface area contributed by atoms with Crippen LogP contribution in [-0.2, 0) is 23.7 Å². The average molecular weight is 320 g/mol. The molecule has 8 heteroatoms. The van der Waals surface area contributed by atoms with Crippen LogP contribution in [0.5, 0.6) is 0 Å². The molecule has 1 atom stereocenters. The summed E-state index contributed by atoms with van der Waals surface area (Å²) in [5.41, 5.74) is 4.47. The van der Waals surface area contributed by atoms with Gasteiger partial charge in [-0.15, -0.1) is 4.21 Å². The molecule has 0 rings (SSSR count). The fourth-order valence-corrected chi connectivity index (χ4v) is 2.15. The Morgan fingerprint density at radius 1 is 1.38 bits per heavy atom. The molecular weight excluding hydrogens is 296 g/mol. The predicted octanol–water partition coefficient (Wildman–Crippen LogP) is 0.106. The van der Waals surface area contributed by atoms with Crippen molar-refractivity contribution in [3.8, 4) is 0 Å². The summed E-state index contributed by atoms with van der Waals surface area (Å²) in [5, 5.41) is 15.0. The molecule has 0 saturated heterocycles. The third kappa shape index (κ3) is 10.8. The van der Waals surface area contributed by atoms with Crippen molar-refractivity contribution < 1.29 is 23.6 Å². The van der Waals surface area contributed by atoms with E-state index in [0.717, 1.165) is 5.41 Å². The molecule has 2 amide bonds. The molecule has 0 aromatic carbocycles. The van der Waals surface area contributed by atoms with Crippen molar-refractivity contribution in [2.75, 3.05) is 12.5 Å². The first-order valence-electron chi connectivity index (χ1n) is 6.41. The third-order valence-electron chi connectivity index (χ3n) is 2.13. The van der Waals surface area contributed by atoms with Gasteiger partial charge in [0.15, 0.2) is 0 Å². The summed E-state index contributed by atoms with van der Waals surface area (Å²) in [4.78, 5) is 22.8. The van der Waals surface area contributed by atoms with E-state index in [1.807, 2.05) is 0 Å². The molecular formula is C13H24N2O5S. The van der Waals surface area contributed by atoms with Crippen molar-refractivity contribution in [2.24, 2.45) is 5.73 Å². The van der Waals surface area contributed by atoms with Gasteiger partial charge in [-0.1, -0.05) is 5.76 Å². The number of carbonyl (C=O) groups is 2. The Hall–Kier alpha value is -1.57. The summed E-state index contributed by atoms with van der Waals surface area (Å²) >= 11 is 0. The summed E-state index contributed by atoms with van der Waals surface area (Å²) in [6.45, 7) is 5.05. The highest BCUT2D eigenvalue weighted by molar-refractivity contribution is 8.04. The first-order valence-corrected chi connectivity index (χ1v) is 8.84. The molecule has 122 valence electrons. The SMILES string of the molecule is CC(C)(C)OC(=O)N[C@@H](CC/C([O-])=C/[S+](C)(C)=O)C(N)=O. The number of allylic oxidation sites excluding steroid dienone is 1. The molecule has 21 heavy (non-hydrogen) atoms. The smallest absolute Gasteiger partial charge is 0.408 e. The Bertz CT molecular complexity index is 462. The molecule has 0 radical (unpaired) electrons. The van der Waals surface area contributed by atoms with Gasteiger partial charge in [-0.25, -0.2) is 4.79 Å². The predicted molar refractivity (Wildman–Crippen MR) is 79.6 cm³/mol. The molecule has 0 aromatic heterocycles. The molecule has 0 heterocycles. The zero-order valence-corrected chi connectivity index (χ0v) is 13.9. The van der Waals surface area contributed by atoms with Gasteiger partial charge in [-0.2, -0.15) is 0 Å². The van der Waals surface area contributed by atoms with Crippen LogP contribution in [0.4, 0.5) is 4.79 Å². The number of hydrogen-bond acceptors (Lipinski definition) is 5. The van der Waals surface area contributed by atoms with E-state index in [-0.39, 0.29) is 18.6 Å². The number of hydrogen-bond donors (Lipinski definition) is 2. The molecule has 0 bridgehead atoms. The van der Waals surface area contributed by atoms with E-state index >= 15 is 0 Å². The molecule has 0 aliphatic carbocycles. The maximum atomic E-state index is 11.6. The van der Waals surface area contributed by atoms with Crippen molar-refractivity contribution in [1.29, 1.82) is 0 Å². The van der Waals surface area contributed by atoms with E-state index in [1.54, 1.807) is 20.8 Å². The molecule has 0 aliphatic heterocycles. The van der Waals surface area contributed by atoms with Crippen molar-refractivity contribution in [3.63, 3.8) is 0 Å². The molecule has 3 N–H and O–H groups in total. The summed E-state index contributed by atoms with van der Waals surface area (Å²) in [7, 11) is -2.29. The molecule has 0 saturated carbocycles. The lowest BCUT2D eigenvalue weighted by molar-refractivity contribution is -0.306. The molecule has 0 unspecified atom stereocenters. The number of rotatable bonds is 6. The summed E-state index contributed by atoms with van der Waals surface area (Å²) in [6, 6.07) is -1.01. The minimum absolute atomic E-state index is 0.0272. The number of nitrogens with one attached hydrogen (secondary N) is 1. The first kappa shape index (κ1) is 19.4.